The van der Waals surface area contributed by atoms with Crippen molar-refractivity contribution in [3.05, 3.63) is 11.6 Å². The fraction of sp³-hybridized carbons (Fsp3) is 0.750. The van der Waals surface area contributed by atoms with Crippen LogP contribution in [0.1, 0.15) is 11.6 Å². The van der Waals surface area contributed by atoms with Gasteiger partial charge in [-0.3, -0.25) is 0 Å². The van der Waals surface area contributed by atoms with E-state index in [1.165, 1.54) is 10.6 Å². The fourth-order valence-electron chi connectivity index (χ4n) is 1.78. The molecule has 2 heterocycles. The van der Waals surface area contributed by atoms with Crippen LogP contribution in [-0.2, 0) is 23.0 Å². The van der Waals surface area contributed by atoms with Crippen molar-refractivity contribution in [1.82, 2.24) is 19.1 Å². The van der Waals surface area contributed by atoms with Crippen molar-refractivity contribution < 1.29 is 8.42 Å². The SMILES string of the molecule is Cc1nnc2n1CCN(S(C)(=O)=O)CC2. The van der Waals surface area contributed by atoms with Gasteiger partial charge in [-0.1, -0.05) is 0 Å². The molecule has 0 bridgehead atoms. The zero-order valence-corrected chi connectivity index (χ0v) is 9.66. The molecule has 0 aromatic carbocycles. The van der Waals surface area contributed by atoms with Crippen LogP contribution >= 0.6 is 0 Å². The minimum absolute atomic E-state index is 0.497. The molecular formula is C8H14N4O2S. The van der Waals surface area contributed by atoms with Gasteiger partial charge in [-0.25, -0.2) is 8.42 Å². The van der Waals surface area contributed by atoms with E-state index in [1.54, 1.807) is 0 Å². The first-order valence-corrected chi connectivity index (χ1v) is 6.67. The van der Waals surface area contributed by atoms with E-state index in [4.69, 9.17) is 0 Å². The third-order valence-corrected chi connectivity index (χ3v) is 3.94. The molecule has 1 aliphatic heterocycles. The van der Waals surface area contributed by atoms with Crippen LogP contribution in [0.4, 0.5) is 0 Å². The van der Waals surface area contributed by atoms with Gasteiger partial charge in [-0.05, 0) is 6.92 Å². The van der Waals surface area contributed by atoms with Gasteiger partial charge in [0, 0.05) is 26.1 Å². The molecule has 15 heavy (non-hydrogen) atoms. The number of hydrogen-bond donors (Lipinski definition) is 0. The van der Waals surface area contributed by atoms with Gasteiger partial charge in [0.1, 0.15) is 11.6 Å². The summed E-state index contributed by atoms with van der Waals surface area (Å²) in [6.07, 6.45) is 1.88. The van der Waals surface area contributed by atoms with Crippen LogP contribution in [0.5, 0.6) is 0 Å². The zero-order valence-electron chi connectivity index (χ0n) is 8.84. The van der Waals surface area contributed by atoms with Gasteiger partial charge in [0.2, 0.25) is 10.0 Å². The number of hydrogen-bond acceptors (Lipinski definition) is 4. The second-order valence-corrected chi connectivity index (χ2v) is 5.71. The van der Waals surface area contributed by atoms with Crippen molar-refractivity contribution in [3.8, 4) is 0 Å². The van der Waals surface area contributed by atoms with Crippen molar-refractivity contribution in [2.75, 3.05) is 19.3 Å². The number of sulfonamides is 1. The molecule has 0 spiro atoms. The molecule has 0 unspecified atom stereocenters. The molecule has 2 rings (SSSR count). The van der Waals surface area contributed by atoms with Gasteiger partial charge in [-0.2, -0.15) is 4.31 Å². The Hall–Kier alpha value is -0.950. The topological polar surface area (TPSA) is 68.1 Å². The second kappa shape index (κ2) is 3.57. The first kappa shape index (κ1) is 10.6. The van der Waals surface area contributed by atoms with E-state index >= 15 is 0 Å². The standard InChI is InChI=1S/C8H14N4O2S/c1-7-9-10-8-3-4-11(15(2,13)14)5-6-12(7)8/h3-6H2,1-2H3. The third kappa shape index (κ3) is 2.03. The van der Waals surface area contributed by atoms with Crippen molar-refractivity contribution in [3.63, 3.8) is 0 Å². The summed E-state index contributed by atoms with van der Waals surface area (Å²) in [7, 11) is -3.09. The lowest BCUT2D eigenvalue weighted by Gasteiger charge is -2.16. The quantitative estimate of drug-likeness (QED) is 0.646. The maximum Gasteiger partial charge on any atom is 0.211 e. The molecule has 0 amide bonds. The molecule has 7 heteroatoms. The Balaban J connectivity index is 2.23. The highest BCUT2D eigenvalue weighted by Crippen LogP contribution is 2.10. The number of fused-ring (bicyclic) bond motifs is 1. The molecule has 0 aliphatic carbocycles. The molecule has 0 N–H and O–H groups in total. The molecule has 0 radical (unpaired) electrons. The molecule has 0 saturated carbocycles. The normalized spacial score (nSPS) is 18.5. The Morgan fingerprint density at radius 1 is 1.20 bits per heavy atom. The maximum atomic E-state index is 11.4. The first-order valence-electron chi connectivity index (χ1n) is 4.82. The largest absolute Gasteiger partial charge is 0.314 e. The van der Waals surface area contributed by atoms with E-state index < -0.39 is 10.0 Å². The summed E-state index contributed by atoms with van der Waals surface area (Å²) in [4.78, 5) is 0. The molecule has 0 saturated heterocycles. The summed E-state index contributed by atoms with van der Waals surface area (Å²) in [5.74, 6) is 1.72. The van der Waals surface area contributed by atoms with E-state index in [9.17, 15) is 8.42 Å². The predicted molar refractivity (Wildman–Crippen MR) is 54.9 cm³/mol. The highest BCUT2D eigenvalue weighted by atomic mass is 32.2. The number of aromatic nitrogens is 3. The fourth-order valence-corrected chi connectivity index (χ4v) is 2.62. The van der Waals surface area contributed by atoms with Crippen molar-refractivity contribution >= 4 is 10.0 Å². The van der Waals surface area contributed by atoms with Crippen LogP contribution in [0.3, 0.4) is 0 Å². The Morgan fingerprint density at radius 2 is 1.93 bits per heavy atom. The van der Waals surface area contributed by atoms with Crippen molar-refractivity contribution in [2.24, 2.45) is 0 Å². The Bertz CT molecular complexity index is 465. The van der Waals surface area contributed by atoms with Crippen molar-refractivity contribution in [2.45, 2.75) is 19.9 Å². The van der Waals surface area contributed by atoms with Crippen LogP contribution in [0.15, 0.2) is 0 Å². The van der Waals surface area contributed by atoms with Gasteiger partial charge in [0.25, 0.3) is 0 Å². The van der Waals surface area contributed by atoms with Gasteiger partial charge in [-0.15, -0.1) is 10.2 Å². The van der Waals surface area contributed by atoms with Crippen molar-refractivity contribution in [1.29, 1.82) is 0 Å². The number of nitrogens with zero attached hydrogens (tertiary/aromatic N) is 4. The summed E-state index contributed by atoms with van der Waals surface area (Å²) in [5, 5.41) is 8.00. The minimum atomic E-state index is -3.09. The van der Waals surface area contributed by atoms with Crippen LogP contribution in [0, 0.1) is 6.92 Å². The summed E-state index contributed by atoms with van der Waals surface area (Å²) < 4.78 is 26.2. The van der Waals surface area contributed by atoms with Gasteiger partial charge < -0.3 is 4.57 Å². The molecule has 1 aliphatic rings. The minimum Gasteiger partial charge on any atom is -0.314 e. The Kier molecular flexibility index (Phi) is 2.51. The molecule has 0 atom stereocenters. The molecular weight excluding hydrogens is 216 g/mol. The molecule has 1 aromatic rings. The Labute approximate surface area is 89.0 Å². The van der Waals surface area contributed by atoms with Gasteiger partial charge in [0.05, 0.1) is 6.26 Å². The van der Waals surface area contributed by atoms with Crippen LogP contribution < -0.4 is 0 Å². The maximum absolute atomic E-state index is 11.4. The van der Waals surface area contributed by atoms with Crippen LogP contribution in [0.2, 0.25) is 0 Å². The first-order chi connectivity index (χ1) is 6.98. The zero-order chi connectivity index (χ0) is 11.1. The van der Waals surface area contributed by atoms with Crippen LogP contribution in [-0.4, -0.2) is 46.8 Å². The molecule has 1 aromatic heterocycles. The third-order valence-electron chi connectivity index (χ3n) is 2.64. The molecule has 6 nitrogen and oxygen atoms in total. The summed E-state index contributed by atoms with van der Waals surface area (Å²) in [5.41, 5.74) is 0. The highest BCUT2D eigenvalue weighted by molar-refractivity contribution is 7.88. The molecule has 0 fully saturated rings. The van der Waals surface area contributed by atoms with E-state index in [0.29, 0.717) is 26.1 Å². The second-order valence-electron chi connectivity index (χ2n) is 3.73. The molecule has 84 valence electrons. The van der Waals surface area contributed by atoms with Gasteiger partial charge in [0.15, 0.2) is 0 Å². The highest BCUT2D eigenvalue weighted by Gasteiger charge is 2.22. The lowest BCUT2D eigenvalue weighted by Crippen LogP contribution is -2.32. The summed E-state index contributed by atoms with van der Waals surface area (Å²) >= 11 is 0. The average molecular weight is 230 g/mol. The van der Waals surface area contributed by atoms with Crippen LogP contribution in [0.25, 0.3) is 0 Å². The van der Waals surface area contributed by atoms with E-state index in [2.05, 4.69) is 10.2 Å². The monoisotopic (exact) mass is 230 g/mol. The summed E-state index contributed by atoms with van der Waals surface area (Å²) in [6.45, 7) is 3.52. The summed E-state index contributed by atoms with van der Waals surface area (Å²) in [6, 6.07) is 0. The Morgan fingerprint density at radius 3 is 2.60 bits per heavy atom. The number of rotatable bonds is 1. The lowest BCUT2D eigenvalue weighted by atomic mass is 10.4. The lowest BCUT2D eigenvalue weighted by molar-refractivity contribution is 0.417. The van der Waals surface area contributed by atoms with Gasteiger partial charge >= 0.3 is 0 Å². The van der Waals surface area contributed by atoms with E-state index in [0.717, 1.165) is 11.6 Å². The average Bonchev–Trinajstić information content (AvgIpc) is 2.36. The number of aryl methyl sites for hydroxylation is 1. The predicted octanol–water partition coefficient (Wildman–Crippen LogP) is -0.596. The van der Waals surface area contributed by atoms with E-state index in [-0.39, 0.29) is 0 Å². The van der Waals surface area contributed by atoms with E-state index in [1.807, 2.05) is 11.5 Å². The smallest absolute Gasteiger partial charge is 0.211 e.